The standard InChI is InChI=1S/C13H22N4O3S/c1-10(15-4-6-21-7-5-15)13(20)17-3-2-16(8-11(14)18)12(19)9-17/h10H,2-9H2,1H3,(H2,14,18). The number of nitrogens with two attached hydrogens (primary N) is 1. The average Bonchev–Trinajstić information content (AvgIpc) is 2.48. The van der Waals surface area contributed by atoms with Crippen molar-refractivity contribution in [3.63, 3.8) is 0 Å². The van der Waals surface area contributed by atoms with E-state index in [2.05, 4.69) is 4.90 Å². The van der Waals surface area contributed by atoms with Crippen molar-refractivity contribution in [3.8, 4) is 0 Å². The summed E-state index contributed by atoms with van der Waals surface area (Å²) in [7, 11) is 0. The molecule has 2 fully saturated rings. The van der Waals surface area contributed by atoms with Crippen molar-refractivity contribution in [1.82, 2.24) is 14.7 Å². The van der Waals surface area contributed by atoms with E-state index in [9.17, 15) is 14.4 Å². The van der Waals surface area contributed by atoms with Gasteiger partial charge in [-0.25, -0.2) is 0 Å². The molecule has 118 valence electrons. The predicted molar refractivity (Wildman–Crippen MR) is 80.7 cm³/mol. The molecule has 2 heterocycles. The minimum Gasteiger partial charge on any atom is -0.368 e. The normalized spacial score (nSPS) is 22.2. The molecule has 1 atom stereocenters. The number of thioether (sulfide) groups is 1. The number of nitrogens with zero attached hydrogens (tertiary/aromatic N) is 3. The molecule has 7 nitrogen and oxygen atoms in total. The molecule has 0 aromatic carbocycles. The van der Waals surface area contributed by atoms with E-state index in [-0.39, 0.29) is 30.9 Å². The average molecular weight is 314 g/mol. The second-order valence-electron chi connectivity index (χ2n) is 5.37. The third-order valence-corrected chi connectivity index (χ3v) is 4.87. The number of primary amides is 1. The number of hydrogen-bond donors (Lipinski definition) is 1. The van der Waals surface area contributed by atoms with E-state index < -0.39 is 5.91 Å². The highest BCUT2D eigenvalue weighted by Crippen LogP contribution is 2.14. The number of carbonyl (C=O) groups is 3. The van der Waals surface area contributed by atoms with Crippen LogP contribution in [0.3, 0.4) is 0 Å². The van der Waals surface area contributed by atoms with E-state index in [1.807, 2.05) is 18.7 Å². The zero-order valence-corrected chi connectivity index (χ0v) is 13.1. The fourth-order valence-electron chi connectivity index (χ4n) is 2.64. The van der Waals surface area contributed by atoms with Crippen molar-refractivity contribution in [2.24, 2.45) is 5.73 Å². The van der Waals surface area contributed by atoms with Crippen LogP contribution in [-0.2, 0) is 14.4 Å². The fourth-order valence-corrected chi connectivity index (χ4v) is 3.57. The summed E-state index contributed by atoms with van der Waals surface area (Å²) >= 11 is 1.90. The molecular weight excluding hydrogens is 292 g/mol. The van der Waals surface area contributed by atoms with E-state index in [4.69, 9.17) is 5.73 Å². The first-order valence-electron chi connectivity index (χ1n) is 7.15. The quantitative estimate of drug-likeness (QED) is 0.688. The maximum atomic E-state index is 12.5. The first-order valence-corrected chi connectivity index (χ1v) is 8.31. The van der Waals surface area contributed by atoms with Gasteiger partial charge < -0.3 is 15.5 Å². The molecule has 21 heavy (non-hydrogen) atoms. The first-order chi connectivity index (χ1) is 9.99. The van der Waals surface area contributed by atoms with E-state index in [0.717, 1.165) is 24.6 Å². The van der Waals surface area contributed by atoms with Crippen molar-refractivity contribution in [1.29, 1.82) is 0 Å². The summed E-state index contributed by atoms with van der Waals surface area (Å²) in [6, 6.07) is -0.193. The summed E-state index contributed by atoms with van der Waals surface area (Å²) in [5.74, 6) is 1.34. The van der Waals surface area contributed by atoms with Gasteiger partial charge in [0, 0.05) is 37.7 Å². The number of piperazine rings is 1. The molecule has 0 spiro atoms. The van der Waals surface area contributed by atoms with Crippen LogP contribution in [0.4, 0.5) is 0 Å². The van der Waals surface area contributed by atoms with Crippen LogP contribution in [0.25, 0.3) is 0 Å². The second kappa shape index (κ2) is 7.13. The van der Waals surface area contributed by atoms with Crippen molar-refractivity contribution < 1.29 is 14.4 Å². The summed E-state index contributed by atoms with van der Waals surface area (Å²) in [4.78, 5) is 40.5. The molecule has 2 rings (SSSR count). The van der Waals surface area contributed by atoms with Crippen molar-refractivity contribution in [2.45, 2.75) is 13.0 Å². The summed E-state index contributed by atoms with van der Waals surface area (Å²) in [6.45, 7) is 4.53. The van der Waals surface area contributed by atoms with Crippen LogP contribution in [0.1, 0.15) is 6.92 Å². The van der Waals surface area contributed by atoms with Gasteiger partial charge in [-0.1, -0.05) is 0 Å². The van der Waals surface area contributed by atoms with Gasteiger partial charge in [0.2, 0.25) is 17.7 Å². The van der Waals surface area contributed by atoms with E-state index in [1.54, 1.807) is 4.90 Å². The highest BCUT2D eigenvalue weighted by atomic mass is 32.2. The van der Waals surface area contributed by atoms with E-state index >= 15 is 0 Å². The Labute approximate surface area is 128 Å². The van der Waals surface area contributed by atoms with Crippen LogP contribution >= 0.6 is 11.8 Å². The molecule has 0 aliphatic carbocycles. The summed E-state index contributed by atoms with van der Waals surface area (Å²) in [5.41, 5.74) is 5.10. The van der Waals surface area contributed by atoms with Gasteiger partial charge in [-0.05, 0) is 6.92 Å². The maximum absolute atomic E-state index is 12.5. The van der Waals surface area contributed by atoms with Crippen molar-refractivity contribution in [3.05, 3.63) is 0 Å². The molecule has 2 aliphatic rings. The highest BCUT2D eigenvalue weighted by Gasteiger charge is 2.32. The molecule has 3 amide bonds. The smallest absolute Gasteiger partial charge is 0.242 e. The minimum absolute atomic E-state index is 0.00558. The molecular formula is C13H22N4O3S. The fraction of sp³-hybridized carbons (Fsp3) is 0.769. The third-order valence-electron chi connectivity index (χ3n) is 3.93. The van der Waals surface area contributed by atoms with Crippen LogP contribution in [0.15, 0.2) is 0 Å². The topological polar surface area (TPSA) is 87.0 Å². The first kappa shape index (κ1) is 16.1. The van der Waals surface area contributed by atoms with Gasteiger partial charge in [-0.2, -0.15) is 11.8 Å². The van der Waals surface area contributed by atoms with Crippen LogP contribution in [0.5, 0.6) is 0 Å². The molecule has 0 bridgehead atoms. The van der Waals surface area contributed by atoms with E-state index in [0.29, 0.717) is 13.1 Å². The lowest BCUT2D eigenvalue weighted by molar-refractivity contribution is -0.148. The Morgan fingerprint density at radius 2 is 1.90 bits per heavy atom. The SMILES string of the molecule is CC(C(=O)N1CCN(CC(N)=O)C(=O)C1)N1CCSCC1. The maximum Gasteiger partial charge on any atom is 0.242 e. The van der Waals surface area contributed by atoms with Gasteiger partial charge in [0.25, 0.3) is 0 Å². The van der Waals surface area contributed by atoms with E-state index in [1.165, 1.54) is 4.90 Å². The molecule has 2 N–H and O–H groups in total. The molecule has 0 aromatic heterocycles. The van der Waals surface area contributed by atoms with Gasteiger partial charge in [-0.3, -0.25) is 19.3 Å². The Morgan fingerprint density at radius 1 is 1.24 bits per heavy atom. The van der Waals surface area contributed by atoms with Crippen molar-refractivity contribution in [2.75, 3.05) is 50.8 Å². The van der Waals surface area contributed by atoms with Gasteiger partial charge in [0.15, 0.2) is 0 Å². The van der Waals surface area contributed by atoms with Crippen LogP contribution < -0.4 is 5.73 Å². The molecule has 2 aliphatic heterocycles. The highest BCUT2D eigenvalue weighted by molar-refractivity contribution is 7.99. The van der Waals surface area contributed by atoms with Gasteiger partial charge in [0.05, 0.1) is 19.1 Å². The zero-order valence-electron chi connectivity index (χ0n) is 12.3. The van der Waals surface area contributed by atoms with Gasteiger partial charge in [0.1, 0.15) is 0 Å². The Balaban J connectivity index is 1.89. The molecule has 0 aromatic rings. The number of amides is 3. The summed E-state index contributed by atoms with van der Waals surface area (Å²) in [6.07, 6.45) is 0. The minimum atomic E-state index is -0.526. The lowest BCUT2D eigenvalue weighted by atomic mass is 10.2. The van der Waals surface area contributed by atoms with Crippen LogP contribution in [0.2, 0.25) is 0 Å². The lowest BCUT2D eigenvalue weighted by Crippen LogP contribution is -2.58. The molecule has 2 saturated heterocycles. The second-order valence-corrected chi connectivity index (χ2v) is 6.59. The number of hydrogen-bond acceptors (Lipinski definition) is 5. The number of rotatable bonds is 4. The Bertz CT molecular complexity index is 426. The van der Waals surface area contributed by atoms with Crippen LogP contribution in [0, 0.1) is 0 Å². The Morgan fingerprint density at radius 3 is 2.48 bits per heavy atom. The predicted octanol–water partition coefficient (Wildman–Crippen LogP) is -1.42. The Hall–Kier alpha value is -1.28. The molecule has 8 heteroatoms. The van der Waals surface area contributed by atoms with Gasteiger partial charge in [-0.15, -0.1) is 0 Å². The Kier molecular flexibility index (Phi) is 5.46. The molecule has 0 radical (unpaired) electrons. The lowest BCUT2D eigenvalue weighted by Gasteiger charge is -2.38. The zero-order chi connectivity index (χ0) is 15.4. The molecule has 1 unspecified atom stereocenters. The largest absolute Gasteiger partial charge is 0.368 e. The van der Waals surface area contributed by atoms with Crippen molar-refractivity contribution >= 4 is 29.5 Å². The summed E-state index contributed by atoms with van der Waals surface area (Å²) < 4.78 is 0. The van der Waals surface area contributed by atoms with Crippen LogP contribution in [-0.4, -0.2) is 89.2 Å². The monoisotopic (exact) mass is 314 g/mol. The third kappa shape index (κ3) is 4.10. The van der Waals surface area contributed by atoms with Gasteiger partial charge >= 0.3 is 0 Å². The molecule has 0 saturated carbocycles. The number of carbonyl (C=O) groups excluding carboxylic acids is 3. The summed E-state index contributed by atoms with van der Waals surface area (Å²) in [5, 5.41) is 0.